The van der Waals surface area contributed by atoms with Crippen molar-refractivity contribution in [1.82, 2.24) is 4.98 Å². The van der Waals surface area contributed by atoms with Crippen LogP contribution in [0.3, 0.4) is 0 Å². The summed E-state index contributed by atoms with van der Waals surface area (Å²) in [5.74, 6) is -0.188. The number of rotatable bonds is 6. The van der Waals surface area contributed by atoms with Crippen LogP contribution in [0.15, 0.2) is 42.6 Å². The molecule has 0 spiro atoms. The van der Waals surface area contributed by atoms with Crippen LogP contribution in [-0.2, 0) is 13.0 Å². The Balaban J connectivity index is 2.29. The molecule has 2 rings (SSSR count). The van der Waals surface area contributed by atoms with E-state index in [1.165, 1.54) is 6.07 Å². The van der Waals surface area contributed by atoms with E-state index >= 15 is 0 Å². The highest BCUT2D eigenvalue weighted by Crippen LogP contribution is 2.24. The Bertz CT molecular complexity index is 543. The van der Waals surface area contributed by atoms with Crippen molar-refractivity contribution in [3.63, 3.8) is 0 Å². The summed E-state index contributed by atoms with van der Waals surface area (Å²) in [6.07, 6.45) is 2.32. The number of anilines is 1. The van der Waals surface area contributed by atoms with Crippen LogP contribution in [0.2, 0.25) is 0 Å². The van der Waals surface area contributed by atoms with Gasteiger partial charge in [-0.1, -0.05) is 12.1 Å². The number of pyridine rings is 1. The Morgan fingerprint density at radius 2 is 2.05 bits per heavy atom. The molecule has 20 heavy (non-hydrogen) atoms. The molecule has 0 saturated heterocycles. The van der Waals surface area contributed by atoms with Gasteiger partial charge in [-0.3, -0.25) is 4.98 Å². The quantitative estimate of drug-likeness (QED) is 0.880. The summed E-state index contributed by atoms with van der Waals surface area (Å²) in [7, 11) is 0. The SMILES string of the molecule is CCN(Cc1ccccn1)c1cccc(F)c1CCN. The first-order valence-corrected chi connectivity index (χ1v) is 6.88. The lowest BCUT2D eigenvalue weighted by molar-refractivity contribution is 0.607. The first-order valence-electron chi connectivity index (χ1n) is 6.88. The number of halogens is 1. The first-order chi connectivity index (χ1) is 9.76. The maximum atomic E-state index is 14.0. The molecule has 2 aromatic rings. The van der Waals surface area contributed by atoms with Crippen LogP contribution in [-0.4, -0.2) is 18.1 Å². The molecular formula is C16H20FN3. The van der Waals surface area contributed by atoms with Crippen LogP contribution >= 0.6 is 0 Å². The molecule has 0 radical (unpaired) electrons. The average Bonchev–Trinajstić information content (AvgIpc) is 2.48. The van der Waals surface area contributed by atoms with Crippen molar-refractivity contribution in [3.8, 4) is 0 Å². The molecule has 1 aromatic heterocycles. The number of nitrogens with two attached hydrogens (primary N) is 1. The number of hydrogen-bond donors (Lipinski definition) is 1. The van der Waals surface area contributed by atoms with E-state index in [9.17, 15) is 4.39 Å². The lowest BCUT2D eigenvalue weighted by Crippen LogP contribution is -2.24. The van der Waals surface area contributed by atoms with Gasteiger partial charge in [0.1, 0.15) is 5.82 Å². The van der Waals surface area contributed by atoms with Crippen molar-refractivity contribution in [3.05, 3.63) is 59.7 Å². The monoisotopic (exact) mass is 273 g/mol. The normalized spacial score (nSPS) is 10.6. The van der Waals surface area contributed by atoms with Gasteiger partial charge >= 0.3 is 0 Å². The van der Waals surface area contributed by atoms with Crippen LogP contribution in [0.1, 0.15) is 18.2 Å². The van der Waals surface area contributed by atoms with Gasteiger partial charge in [0.25, 0.3) is 0 Å². The van der Waals surface area contributed by atoms with Gasteiger partial charge in [-0.25, -0.2) is 4.39 Å². The van der Waals surface area contributed by atoms with E-state index in [2.05, 4.69) is 16.8 Å². The predicted octanol–water partition coefficient (Wildman–Crippen LogP) is 2.75. The summed E-state index contributed by atoms with van der Waals surface area (Å²) in [6.45, 7) is 3.95. The maximum Gasteiger partial charge on any atom is 0.128 e. The summed E-state index contributed by atoms with van der Waals surface area (Å²) in [5, 5.41) is 0. The Morgan fingerprint density at radius 1 is 1.20 bits per heavy atom. The minimum atomic E-state index is -0.188. The van der Waals surface area contributed by atoms with E-state index in [4.69, 9.17) is 5.73 Å². The van der Waals surface area contributed by atoms with Gasteiger partial charge < -0.3 is 10.6 Å². The van der Waals surface area contributed by atoms with E-state index in [-0.39, 0.29) is 5.82 Å². The third kappa shape index (κ3) is 3.33. The lowest BCUT2D eigenvalue weighted by atomic mass is 10.1. The van der Waals surface area contributed by atoms with Crippen LogP contribution in [0.5, 0.6) is 0 Å². The zero-order chi connectivity index (χ0) is 14.4. The summed E-state index contributed by atoms with van der Waals surface area (Å²) < 4.78 is 14.0. The van der Waals surface area contributed by atoms with E-state index in [0.29, 0.717) is 25.1 Å². The zero-order valence-corrected chi connectivity index (χ0v) is 11.7. The fourth-order valence-corrected chi connectivity index (χ4v) is 2.29. The van der Waals surface area contributed by atoms with Crippen molar-refractivity contribution in [2.45, 2.75) is 19.9 Å². The number of benzene rings is 1. The molecule has 0 atom stereocenters. The second-order valence-electron chi connectivity index (χ2n) is 4.61. The highest BCUT2D eigenvalue weighted by molar-refractivity contribution is 5.54. The van der Waals surface area contributed by atoms with Gasteiger partial charge in [-0.15, -0.1) is 0 Å². The lowest BCUT2D eigenvalue weighted by Gasteiger charge is -2.25. The molecule has 0 aliphatic heterocycles. The minimum absolute atomic E-state index is 0.188. The van der Waals surface area contributed by atoms with Crippen LogP contribution in [0.4, 0.5) is 10.1 Å². The highest BCUT2D eigenvalue weighted by atomic mass is 19.1. The number of nitrogens with zero attached hydrogens (tertiary/aromatic N) is 2. The molecule has 2 N–H and O–H groups in total. The molecule has 0 fully saturated rings. The van der Waals surface area contributed by atoms with Gasteiger partial charge in [0.15, 0.2) is 0 Å². The van der Waals surface area contributed by atoms with Crippen molar-refractivity contribution in [2.75, 3.05) is 18.0 Å². The Kier molecular flexibility index (Phi) is 5.07. The van der Waals surface area contributed by atoms with E-state index in [1.807, 2.05) is 24.3 Å². The molecule has 4 heteroatoms. The molecule has 0 unspecified atom stereocenters. The van der Waals surface area contributed by atoms with Crippen molar-refractivity contribution in [2.24, 2.45) is 5.73 Å². The van der Waals surface area contributed by atoms with Gasteiger partial charge in [0, 0.05) is 24.0 Å². The molecule has 0 saturated carbocycles. The predicted molar refractivity (Wildman–Crippen MR) is 80.1 cm³/mol. The van der Waals surface area contributed by atoms with Gasteiger partial charge in [-0.2, -0.15) is 0 Å². The van der Waals surface area contributed by atoms with E-state index in [0.717, 1.165) is 17.9 Å². The summed E-state index contributed by atoms with van der Waals surface area (Å²) in [4.78, 5) is 6.45. The minimum Gasteiger partial charge on any atom is -0.366 e. The van der Waals surface area contributed by atoms with Crippen molar-refractivity contribution in [1.29, 1.82) is 0 Å². The fourth-order valence-electron chi connectivity index (χ4n) is 2.29. The standard InChI is InChI=1S/C16H20FN3/c1-2-20(12-13-6-3-4-11-19-13)16-8-5-7-15(17)14(16)9-10-18/h3-8,11H,2,9-10,12,18H2,1H3. The zero-order valence-electron chi connectivity index (χ0n) is 11.7. The smallest absolute Gasteiger partial charge is 0.128 e. The molecule has 0 bridgehead atoms. The summed E-state index contributed by atoms with van der Waals surface area (Å²) in [5.41, 5.74) is 8.16. The number of hydrogen-bond acceptors (Lipinski definition) is 3. The Morgan fingerprint density at radius 3 is 2.70 bits per heavy atom. The molecular weight excluding hydrogens is 253 g/mol. The van der Waals surface area contributed by atoms with Crippen molar-refractivity contribution < 1.29 is 4.39 Å². The van der Waals surface area contributed by atoms with Crippen LogP contribution in [0, 0.1) is 5.82 Å². The van der Waals surface area contributed by atoms with E-state index < -0.39 is 0 Å². The second-order valence-corrected chi connectivity index (χ2v) is 4.61. The van der Waals surface area contributed by atoms with Gasteiger partial charge in [0.05, 0.1) is 12.2 Å². The number of aromatic nitrogens is 1. The maximum absolute atomic E-state index is 14.0. The van der Waals surface area contributed by atoms with Crippen LogP contribution < -0.4 is 10.6 Å². The topological polar surface area (TPSA) is 42.2 Å². The molecule has 0 amide bonds. The van der Waals surface area contributed by atoms with Gasteiger partial charge in [-0.05, 0) is 44.2 Å². The third-order valence-electron chi connectivity index (χ3n) is 3.29. The summed E-state index contributed by atoms with van der Waals surface area (Å²) in [6, 6.07) is 11.0. The molecule has 3 nitrogen and oxygen atoms in total. The van der Waals surface area contributed by atoms with E-state index in [1.54, 1.807) is 12.3 Å². The van der Waals surface area contributed by atoms with Crippen molar-refractivity contribution >= 4 is 5.69 Å². The van der Waals surface area contributed by atoms with Gasteiger partial charge in [0.2, 0.25) is 0 Å². The molecule has 0 aliphatic rings. The molecule has 1 aromatic carbocycles. The molecule has 106 valence electrons. The third-order valence-corrected chi connectivity index (χ3v) is 3.29. The average molecular weight is 273 g/mol. The Hall–Kier alpha value is -1.94. The first kappa shape index (κ1) is 14.5. The molecule has 0 aliphatic carbocycles. The largest absolute Gasteiger partial charge is 0.366 e. The molecule has 1 heterocycles. The van der Waals surface area contributed by atoms with Crippen LogP contribution in [0.25, 0.3) is 0 Å². The highest BCUT2D eigenvalue weighted by Gasteiger charge is 2.13. The fraction of sp³-hybridized carbons (Fsp3) is 0.312. The second kappa shape index (κ2) is 7.01. The Labute approximate surface area is 119 Å². The summed E-state index contributed by atoms with van der Waals surface area (Å²) >= 11 is 0.